The predicted octanol–water partition coefficient (Wildman–Crippen LogP) is 2.97. The van der Waals surface area contributed by atoms with Crippen LogP contribution in [0.5, 0.6) is 5.75 Å². The first-order valence-corrected chi connectivity index (χ1v) is 6.19. The summed E-state index contributed by atoms with van der Waals surface area (Å²) >= 11 is 7.40. The number of nitrogens with one attached hydrogen (secondary N) is 1. The molecule has 0 aliphatic heterocycles. The lowest BCUT2D eigenvalue weighted by molar-refractivity contribution is 0.309. The number of halogens is 1. The van der Waals surface area contributed by atoms with Gasteiger partial charge < -0.3 is 4.74 Å². The second kappa shape index (κ2) is 5.35. The quantitative estimate of drug-likeness (QED) is 0.662. The van der Waals surface area contributed by atoms with Crippen LogP contribution in [-0.4, -0.2) is 4.98 Å². The van der Waals surface area contributed by atoms with Crippen LogP contribution in [0, 0.1) is 6.92 Å². The van der Waals surface area contributed by atoms with Gasteiger partial charge in [0.25, 0.3) is 0 Å². The molecule has 0 aliphatic carbocycles. The van der Waals surface area contributed by atoms with Gasteiger partial charge in [0, 0.05) is 11.2 Å². The highest BCUT2D eigenvalue weighted by Crippen LogP contribution is 2.23. The third-order valence-electron chi connectivity index (χ3n) is 2.19. The van der Waals surface area contributed by atoms with Crippen molar-refractivity contribution in [3.05, 3.63) is 39.9 Å². The summed E-state index contributed by atoms with van der Waals surface area (Å²) in [5.74, 6) is 6.04. The van der Waals surface area contributed by atoms with Crippen molar-refractivity contribution in [2.45, 2.75) is 13.5 Å². The van der Waals surface area contributed by atoms with Crippen molar-refractivity contribution < 1.29 is 4.74 Å². The third kappa shape index (κ3) is 3.09. The molecule has 0 atom stereocenters. The molecular weight excluding hydrogens is 258 g/mol. The molecule has 6 heteroatoms. The van der Waals surface area contributed by atoms with E-state index < -0.39 is 0 Å². The summed E-state index contributed by atoms with van der Waals surface area (Å²) in [4.78, 5) is 5.07. The molecule has 0 amide bonds. The van der Waals surface area contributed by atoms with Gasteiger partial charge in [-0.1, -0.05) is 22.9 Å². The average molecular weight is 270 g/mol. The van der Waals surface area contributed by atoms with Crippen molar-refractivity contribution in [2.75, 3.05) is 5.43 Å². The first-order valence-electron chi connectivity index (χ1n) is 4.99. The average Bonchev–Trinajstić information content (AvgIpc) is 2.79. The zero-order valence-corrected chi connectivity index (χ0v) is 10.8. The van der Waals surface area contributed by atoms with Gasteiger partial charge in [-0.3, -0.25) is 5.43 Å². The Balaban J connectivity index is 1.99. The number of ether oxygens (including phenoxy) is 1. The lowest BCUT2D eigenvalue weighted by atomic mass is 10.2. The Morgan fingerprint density at radius 2 is 2.35 bits per heavy atom. The molecule has 0 saturated heterocycles. The summed E-state index contributed by atoms with van der Waals surface area (Å²) in [5.41, 5.74) is 3.49. The van der Waals surface area contributed by atoms with E-state index in [2.05, 4.69) is 10.4 Å². The van der Waals surface area contributed by atoms with E-state index in [1.165, 1.54) is 11.3 Å². The first-order chi connectivity index (χ1) is 8.19. The zero-order chi connectivity index (χ0) is 12.3. The summed E-state index contributed by atoms with van der Waals surface area (Å²) in [7, 11) is 0. The van der Waals surface area contributed by atoms with Gasteiger partial charge in [0.05, 0.1) is 4.88 Å². The largest absolute Gasteiger partial charge is 0.488 e. The number of nitrogens with zero attached hydrogens (tertiary/aromatic N) is 1. The van der Waals surface area contributed by atoms with Crippen molar-refractivity contribution >= 4 is 28.1 Å². The van der Waals surface area contributed by atoms with Gasteiger partial charge in [0.1, 0.15) is 12.4 Å². The minimum absolute atomic E-state index is 0.473. The molecule has 2 aromatic rings. The fourth-order valence-electron chi connectivity index (χ4n) is 1.30. The van der Waals surface area contributed by atoms with E-state index in [1.807, 2.05) is 25.1 Å². The van der Waals surface area contributed by atoms with Gasteiger partial charge in [0.2, 0.25) is 0 Å². The van der Waals surface area contributed by atoms with Crippen LogP contribution in [0.1, 0.15) is 10.4 Å². The zero-order valence-electron chi connectivity index (χ0n) is 9.24. The molecule has 0 radical (unpaired) electrons. The minimum Gasteiger partial charge on any atom is -0.488 e. The van der Waals surface area contributed by atoms with Crippen molar-refractivity contribution in [1.29, 1.82) is 0 Å². The number of aryl methyl sites for hydroxylation is 1. The number of hydrazine groups is 1. The number of nitrogen functional groups attached to an aromatic ring is 1. The monoisotopic (exact) mass is 269 g/mol. The third-order valence-corrected chi connectivity index (χ3v) is 3.51. The van der Waals surface area contributed by atoms with Crippen molar-refractivity contribution in [3.63, 3.8) is 0 Å². The van der Waals surface area contributed by atoms with Crippen molar-refractivity contribution in [2.24, 2.45) is 5.84 Å². The normalized spacial score (nSPS) is 10.3. The Hall–Kier alpha value is -1.30. The van der Waals surface area contributed by atoms with Crippen molar-refractivity contribution in [1.82, 2.24) is 4.98 Å². The lowest BCUT2D eigenvalue weighted by Crippen LogP contribution is -2.05. The molecule has 3 N–H and O–H groups in total. The molecule has 0 aliphatic rings. The van der Waals surface area contributed by atoms with E-state index in [-0.39, 0.29) is 0 Å². The maximum absolute atomic E-state index is 5.93. The molecule has 17 heavy (non-hydrogen) atoms. The fraction of sp³-hybridized carbons (Fsp3) is 0.182. The van der Waals surface area contributed by atoms with E-state index in [9.17, 15) is 0 Å². The summed E-state index contributed by atoms with van der Waals surface area (Å²) in [6.45, 7) is 2.42. The molecule has 1 aromatic carbocycles. The first kappa shape index (κ1) is 12.2. The highest BCUT2D eigenvalue weighted by molar-refractivity contribution is 7.15. The second-order valence-electron chi connectivity index (χ2n) is 3.48. The van der Waals surface area contributed by atoms with Crippen LogP contribution in [0.2, 0.25) is 5.02 Å². The van der Waals surface area contributed by atoms with Crippen LogP contribution >= 0.6 is 22.9 Å². The number of aromatic nitrogens is 1. The number of thiazole rings is 1. The number of hydrogen-bond donors (Lipinski definition) is 2. The van der Waals surface area contributed by atoms with E-state index in [0.29, 0.717) is 11.7 Å². The maximum atomic E-state index is 5.93. The minimum atomic E-state index is 0.473. The molecule has 90 valence electrons. The Kier molecular flexibility index (Phi) is 3.83. The van der Waals surface area contributed by atoms with Crippen LogP contribution in [0.15, 0.2) is 24.4 Å². The Morgan fingerprint density at radius 3 is 3.00 bits per heavy atom. The molecule has 1 aromatic heterocycles. The molecule has 0 unspecified atom stereocenters. The molecule has 0 bridgehead atoms. The maximum Gasteiger partial charge on any atom is 0.197 e. The SMILES string of the molecule is Cc1cc(OCc2cnc(NN)s2)ccc1Cl. The number of benzene rings is 1. The van der Waals surface area contributed by atoms with Crippen LogP contribution < -0.4 is 16.0 Å². The van der Waals surface area contributed by atoms with E-state index >= 15 is 0 Å². The summed E-state index contributed by atoms with van der Waals surface area (Å²) < 4.78 is 5.63. The van der Waals surface area contributed by atoms with Crippen LogP contribution in [-0.2, 0) is 6.61 Å². The van der Waals surface area contributed by atoms with Gasteiger partial charge in [-0.05, 0) is 30.7 Å². The summed E-state index contributed by atoms with van der Waals surface area (Å²) in [5, 5.41) is 1.42. The molecule has 2 rings (SSSR count). The second-order valence-corrected chi connectivity index (χ2v) is 5.00. The molecule has 1 heterocycles. The fourth-order valence-corrected chi connectivity index (χ4v) is 2.06. The molecule has 0 saturated carbocycles. The molecule has 4 nitrogen and oxygen atoms in total. The molecule has 0 spiro atoms. The van der Waals surface area contributed by atoms with Gasteiger partial charge >= 0.3 is 0 Å². The highest BCUT2D eigenvalue weighted by atomic mass is 35.5. The van der Waals surface area contributed by atoms with Crippen LogP contribution in [0.4, 0.5) is 5.13 Å². The summed E-state index contributed by atoms with van der Waals surface area (Å²) in [6.07, 6.45) is 1.74. The highest BCUT2D eigenvalue weighted by Gasteiger charge is 2.03. The number of rotatable bonds is 4. The van der Waals surface area contributed by atoms with Gasteiger partial charge in [-0.2, -0.15) is 0 Å². The van der Waals surface area contributed by atoms with E-state index in [1.54, 1.807) is 6.20 Å². The van der Waals surface area contributed by atoms with Gasteiger partial charge in [-0.25, -0.2) is 10.8 Å². The molecule has 0 fully saturated rings. The Bertz CT molecular complexity index is 515. The Morgan fingerprint density at radius 1 is 1.53 bits per heavy atom. The smallest absolute Gasteiger partial charge is 0.197 e. The number of nitrogens with two attached hydrogens (primary N) is 1. The standard InChI is InChI=1S/C11H12ClN3OS/c1-7-4-8(2-3-10(7)12)16-6-9-5-14-11(15-13)17-9/h2-5H,6,13H2,1H3,(H,14,15). The number of anilines is 1. The topological polar surface area (TPSA) is 60.2 Å². The Labute approximate surface area is 108 Å². The number of hydrogen-bond acceptors (Lipinski definition) is 5. The van der Waals surface area contributed by atoms with Gasteiger partial charge in [-0.15, -0.1) is 0 Å². The van der Waals surface area contributed by atoms with Crippen molar-refractivity contribution in [3.8, 4) is 5.75 Å². The molecular formula is C11H12ClN3OS. The van der Waals surface area contributed by atoms with Crippen LogP contribution in [0.3, 0.4) is 0 Å². The van der Waals surface area contributed by atoms with E-state index in [4.69, 9.17) is 22.2 Å². The van der Waals surface area contributed by atoms with Crippen LogP contribution in [0.25, 0.3) is 0 Å². The predicted molar refractivity (Wildman–Crippen MR) is 70.4 cm³/mol. The van der Waals surface area contributed by atoms with E-state index in [0.717, 1.165) is 21.2 Å². The van der Waals surface area contributed by atoms with Gasteiger partial charge in [0.15, 0.2) is 5.13 Å². The lowest BCUT2D eigenvalue weighted by Gasteiger charge is -2.05. The summed E-state index contributed by atoms with van der Waals surface area (Å²) in [6, 6.07) is 5.58.